The molecular weight excluding hydrogens is 401 g/mol. The van der Waals surface area contributed by atoms with Crippen molar-refractivity contribution < 1.29 is 17.5 Å². The van der Waals surface area contributed by atoms with E-state index in [2.05, 4.69) is 4.98 Å². The Morgan fingerprint density at radius 3 is 2.47 bits per heavy atom. The van der Waals surface area contributed by atoms with Gasteiger partial charge in [-0.15, -0.1) is 0 Å². The first-order valence-electron chi connectivity index (χ1n) is 9.36. The van der Waals surface area contributed by atoms with Crippen LogP contribution in [-0.4, -0.2) is 20.5 Å². The summed E-state index contributed by atoms with van der Waals surface area (Å²) in [5.74, 6) is 0.158. The Labute approximate surface area is 174 Å². The van der Waals surface area contributed by atoms with E-state index in [0.717, 1.165) is 11.1 Å². The molecule has 6 heteroatoms. The molecule has 4 nitrogen and oxygen atoms in total. The van der Waals surface area contributed by atoms with Gasteiger partial charge in [-0.1, -0.05) is 18.2 Å². The van der Waals surface area contributed by atoms with Crippen molar-refractivity contribution in [1.29, 1.82) is 0 Å². The number of benzene rings is 3. The Morgan fingerprint density at radius 1 is 0.933 bits per heavy atom. The number of halogens is 1. The smallest absolute Gasteiger partial charge is 0.208 e. The minimum atomic E-state index is -3.88. The third kappa shape index (κ3) is 3.44. The van der Waals surface area contributed by atoms with Crippen LogP contribution < -0.4 is 4.74 Å². The molecule has 0 aliphatic carbocycles. The Hall–Kier alpha value is -3.25. The predicted octanol–water partition coefficient (Wildman–Crippen LogP) is 5.50. The normalized spacial score (nSPS) is 11.6. The van der Waals surface area contributed by atoms with Gasteiger partial charge < -0.3 is 4.74 Å². The molecule has 30 heavy (non-hydrogen) atoms. The van der Waals surface area contributed by atoms with E-state index in [0.29, 0.717) is 27.8 Å². The highest BCUT2D eigenvalue weighted by Gasteiger charge is 2.25. The topological polar surface area (TPSA) is 56.3 Å². The van der Waals surface area contributed by atoms with Crippen LogP contribution in [0.5, 0.6) is 5.75 Å². The number of aromatic nitrogens is 1. The van der Waals surface area contributed by atoms with E-state index in [1.54, 1.807) is 55.6 Å². The van der Waals surface area contributed by atoms with Gasteiger partial charge in [-0.25, -0.2) is 12.8 Å². The van der Waals surface area contributed by atoms with Crippen LogP contribution in [0.15, 0.2) is 76.7 Å². The number of hydrogen-bond acceptors (Lipinski definition) is 4. The second-order valence-electron chi connectivity index (χ2n) is 7.14. The maximum Gasteiger partial charge on any atom is 0.208 e. The van der Waals surface area contributed by atoms with Gasteiger partial charge in [0, 0.05) is 23.2 Å². The van der Waals surface area contributed by atoms with Crippen molar-refractivity contribution in [2.45, 2.75) is 23.6 Å². The second-order valence-corrected chi connectivity index (χ2v) is 9.06. The summed E-state index contributed by atoms with van der Waals surface area (Å²) >= 11 is 0. The summed E-state index contributed by atoms with van der Waals surface area (Å²) in [6.45, 7) is 3.80. The van der Waals surface area contributed by atoms with E-state index in [4.69, 9.17) is 4.74 Å². The van der Waals surface area contributed by atoms with E-state index in [1.165, 1.54) is 18.3 Å². The second kappa shape index (κ2) is 7.54. The van der Waals surface area contributed by atoms with Gasteiger partial charge in [0.25, 0.3) is 0 Å². The van der Waals surface area contributed by atoms with Gasteiger partial charge in [0.2, 0.25) is 9.84 Å². The number of pyridine rings is 1. The molecule has 1 heterocycles. The van der Waals surface area contributed by atoms with E-state index >= 15 is 0 Å². The summed E-state index contributed by atoms with van der Waals surface area (Å²) in [6, 6.07) is 16.4. The van der Waals surface area contributed by atoms with Gasteiger partial charge in [-0.05, 0) is 66.9 Å². The lowest BCUT2D eigenvalue weighted by molar-refractivity contribution is 0.415. The number of rotatable bonds is 4. The summed E-state index contributed by atoms with van der Waals surface area (Å²) in [4.78, 5) is 4.51. The average molecular weight is 421 g/mol. The maximum atomic E-state index is 13.8. The number of nitrogens with zero attached hydrogens (tertiary/aromatic N) is 1. The fourth-order valence-electron chi connectivity index (χ4n) is 3.44. The lowest BCUT2D eigenvalue weighted by atomic mass is 10.0. The summed E-state index contributed by atoms with van der Waals surface area (Å²) in [5.41, 5.74) is 3.39. The molecule has 0 atom stereocenters. The standard InChI is InChI=1S/C24H20FNO3S/c1-15-7-9-20(11-16(15)2)30(27,28)23-14-26-22-13-18(25)8-10-21(22)24(23)17-5-4-6-19(12-17)29-3/h4-14H,1-3H3. The van der Waals surface area contributed by atoms with Crippen molar-refractivity contribution in [3.8, 4) is 16.9 Å². The lowest BCUT2D eigenvalue weighted by Gasteiger charge is -2.15. The van der Waals surface area contributed by atoms with Gasteiger partial charge in [0.15, 0.2) is 0 Å². The van der Waals surface area contributed by atoms with Crippen LogP contribution in [-0.2, 0) is 9.84 Å². The van der Waals surface area contributed by atoms with Crippen LogP contribution in [0.4, 0.5) is 4.39 Å². The average Bonchev–Trinajstić information content (AvgIpc) is 2.74. The zero-order valence-corrected chi connectivity index (χ0v) is 17.6. The first-order chi connectivity index (χ1) is 14.3. The summed E-state index contributed by atoms with van der Waals surface area (Å²) in [7, 11) is -2.33. The van der Waals surface area contributed by atoms with Gasteiger partial charge in [0.1, 0.15) is 11.6 Å². The lowest BCUT2D eigenvalue weighted by Crippen LogP contribution is -2.06. The minimum absolute atomic E-state index is 0.0677. The number of ether oxygens (including phenoxy) is 1. The molecule has 3 aromatic carbocycles. The quantitative estimate of drug-likeness (QED) is 0.437. The molecule has 0 bridgehead atoms. The monoisotopic (exact) mass is 421 g/mol. The molecule has 0 N–H and O–H groups in total. The van der Waals surface area contributed by atoms with E-state index < -0.39 is 15.7 Å². The fraction of sp³-hybridized carbons (Fsp3) is 0.125. The first kappa shape index (κ1) is 20.0. The summed E-state index contributed by atoms with van der Waals surface area (Å²) in [5, 5.41) is 0.551. The molecule has 0 fully saturated rings. The van der Waals surface area contributed by atoms with Crippen molar-refractivity contribution in [1.82, 2.24) is 4.98 Å². The number of sulfone groups is 1. The Bertz CT molecular complexity index is 1380. The summed E-state index contributed by atoms with van der Waals surface area (Å²) < 4.78 is 46.3. The predicted molar refractivity (Wildman–Crippen MR) is 115 cm³/mol. The van der Waals surface area contributed by atoms with Crippen LogP contribution in [0.25, 0.3) is 22.0 Å². The minimum Gasteiger partial charge on any atom is -0.497 e. The molecule has 4 rings (SSSR count). The number of hydrogen-bond donors (Lipinski definition) is 0. The maximum absolute atomic E-state index is 13.8. The highest BCUT2D eigenvalue weighted by atomic mass is 32.2. The Kier molecular flexibility index (Phi) is 5.03. The van der Waals surface area contributed by atoms with Crippen LogP contribution in [0.3, 0.4) is 0 Å². The first-order valence-corrected chi connectivity index (χ1v) is 10.8. The SMILES string of the molecule is COc1cccc(-c2c(S(=O)(=O)c3ccc(C)c(C)c3)cnc3cc(F)ccc23)c1. The third-order valence-corrected chi connectivity index (χ3v) is 7.00. The van der Waals surface area contributed by atoms with Gasteiger partial charge >= 0.3 is 0 Å². The number of aryl methyl sites for hydroxylation is 2. The molecule has 152 valence electrons. The van der Waals surface area contributed by atoms with Crippen molar-refractivity contribution in [3.05, 3.63) is 83.8 Å². The van der Waals surface area contributed by atoms with Gasteiger partial charge in [-0.3, -0.25) is 4.98 Å². The van der Waals surface area contributed by atoms with E-state index in [1.807, 2.05) is 13.8 Å². The highest BCUT2D eigenvalue weighted by Crippen LogP contribution is 2.38. The molecule has 0 unspecified atom stereocenters. The van der Waals surface area contributed by atoms with Crippen molar-refractivity contribution in [3.63, 3.8) is 0 Å². The van der Waals surface area contributed by atoms with Crippen LogP contribution in [0.2, 0.25) is 0 Å². The van der Waals surface area contributed by atoms with E-state index in [-0.39, 0.29) is 9.79 Å². The third-order valence-electron chi connectivity index (χ3n) is 5.23. The molecule has 1 aromatic heterocycles. The zero-order chi connectivity index (χ0) is 21.5. The van der Waals surface area contributed by atoms with Crippen molar-refractivity contribution in [2.75, 3.05) is 7.11 Å². The number of fused-ring (bicyclic) bond motifs is 1. The van der Waals surface area contributed by atoms with Crippen molar-refractivity contribution >= 4 is 20.7 Å². The molecule has 0 spiro atoms. The largest absolute Gasteiger partial charge is 0.497 e. The van der Waals surface area contributed by atoms with Crippen LogP contribution >= 0.6 is 0 Å². The summed E-state index contributed by atoms with van der Waals surface area (Å²) in [6.07, 6.45) is 1.31. The Morgan fingerprint density at radius 2 is 1.73 bits per heavy atom. The molecule has 0 aliphatic rings. The number of methoxy groups -OCH3 is 1. The Balaban J connectivity index is 2.06. The zero-order valence-electron chi connectivity index (χ0n) is 16.8. The molecule has 0 radical (unpaired) electrons. The van der Waals surface area contributed by atoms with Crippen LogP contribution in [0, 0.1) is 19.7 Å². The van der Waals surface area contributed by atoms with Gasteiger partial charge in [-0.2, -0.15) is 0 Å². The molecular formula is C24H20FNO3S. The molecule has 0 saturated heterocycles. The van der Waals surface area contributed by atoms with Crippen molar-refractivity contribution in [2.24, 2.45) is 0 Å². The van der Waals surface area contributed by atoms with E-state index in [9.17, 15) is 12.8 Å². The van der Waals surface area contributed by atoms with Crippen LogP contribution in [0.1, 0.15) is 11.1 Å². The molecule has 0 amide bonds. The molecule has 0 saturated carbocycles. The highest BCUT2D eigenvalue weighted by molar-refractivity contribution is 7.91. The van der Waals surface area contributed by atoms with Gasteiger partial charge in [0.05, 0.1) is 22.4 Å². The molecule has 0 aliphatic heterocycles. The fourth-order valence-corrected chi connectivity index (χ4v) is 4.96. The molecule has 4 aromatic rings.